The van der Waals surface area contributed by atoms with Crippen molar-refractivity contribution in [2.45, 2.75) is 13.3 Å². The van der Waals surface area contributed by atoms with Gasteiger partial charge in [0.2, 0.25) is 5.91 Å². The van der Waals surface area contributed by atoms with Crippen molar-refractivity contribution in [1.29, 1.82) is 0 Å². The van der Waals surface area contributed by atoms with Crippen LogP contribution in [0.4, 0.5) is 0 Å². The lowest BCUT2D eigenvalue weighted by Crippen LogP contribution is -2.33. The molecule has 5 heteroatoms. The van der Waals surface area contributed by atoms with Crippen LogP contribution in [0.1, 0.15) is 13.3 Å². The van der Waals surface area contributed by atoms with E-state index in [-0.39, 0.29) is 17.4 Å². The monoisotopic (exact) mass is 231 g/mol. The summed E-state index contributed by atoms with van der Waals surface area (Å²) in [6.45, 7) is 6.79. The lowest BCUT2D eigenvalue weighted by Gasteiger charge is -2.19. The molecule has 1 amide bonds. The highest BCUT2D eigenvalue weighted by molar-refractivity contribution is 8.00. The smallest absolute Gasteiger partial charge is 0.313 e. The van der Waals surface area contributed by atoms with Gasteiger partial charge in [0.25, 0.3) is 0 Å². The summed E-state index contributed by atoms with van der Waals surface area (Å²) < 4.78 is 0. The molecule has 0 aromatic rings. The lowest BCUT2D eigenvalue weighted by molar-refractivity contribution is -0.133. The van der Waals surface area contributed by atoms with Crippen LogP contribution < -0.4 is 0 Å². The van der Waals surface area contributed by atoms with Crippen molar-refractivity contribution in [3.63, 3.8) is 0 Å². The minimum Gasteiger partial charge on any atom is -0.481 e. The maximum absolute atomic E-state index is 11.6. The number of rotatable bonds is 8. The third-order valence-corrected chi connectivity index (χ3v) is 2.55. The molecule has 0 fully saturated rings. The summed E-state index contributed by atoms with van der Waals surface area (Å²) in [5.74, 6) is -0.721. The van der Waals surface area contributed by atoms with E-state index in [0.717, 1.165) is 18.2 Å². The Labute approximate surface area is 94.3 Å². The number of nitrogens with zero attached hydrogens (tertiary/aromatic N) is 1. The van der Waals surface area contributed by atoms with Crippen LogP contribution in [-0.2, 0) is 9.59 Å². The van der Waals surface area contributed by atoms with Gasteiger partial charge in [-0.3, -0.25) is 9.59 Å². The summed E-state index contributed by atoms with van der Waals surface area (Å²) >= 11 is 1.12. The van der Waals surface area contributed by atoms with Gasteiger partial charge in [-0.2, -0.15) is 0 Å². The first-order valence-electron chi connectivity index (χ1n) is 4.80. The zero-order valence-electron chi connectivity index (χ0n) is 8.94. The van der Waals surface area contributed by atoms with E-state index >= 15 is 0 Å². The van der Waals surface area contributed by atoms with Crippen LogP contribution in [0.15, 0.2) is 12.7 Å². The predicted octanol–water partition coefficient (Wildman–Crippen LogP) is 1.23. The minimum absolute atomic E-state index is 0.0250. The molecule has 0 aliphatic rings. The molecule has 15 heavy (non-hydrogen) atoms. The van der Waals surface area contributed by atoms with Gasteiger partial charge in [-0.05, 0) is 6.42 Å². The third-order valence-electron chi connectivity index (χ3n) is 1.65. The van der Waals surface area contributed by atoms with Gasteiger partial charge in [-0.1, -0.05) is 13.0 Å². The van der Waals surface area contributed by atoms with E-state index in [4.69, 9.17) is 5.11 Å². The van der Waals surface area contributed by atoms with E-state index in [9.17, 15) is 9.59 Å². The molecule has 0 aromatic heterocycles. The van der Waals surface area contributed by atoms with Crippen LogP contribution in [0.3, 0.4) is 0 Å². The quantitative estimate of drug-likeness (QED) is 0.638. The molecule has 0 saturated carbocycles. The van der Waals surface area contributed by atoms with Crippen LogP contribution >= 0.6 is 11.8 Å². The molecule has 1 N–H and O–H groups in total. The Morgan fingerprint density at radius 1 is 1.47 bits per heavy atom. The number of carboxylic acid groups (broad SMARTS) is 1. The second kappa shape index (κ2) is 8.35. The first kappa shape index (κ1) is 14.0. The summed E-state index contributed by atoms with van der Waals surface area (Å²) in [5, 5.41) is 8.41. The van der Waals surface area contributed by atoms with E-state index in [1.807, 2.05) is 6.92 Å². The van der Waals surface area contributed by atoms with Crippen LogP contribution in [0.2, 0.25) is 0 Å². The highest BCUT2D eigenvalue weighted by Gasteiger charge is 2.11. The first-order chi connectivity index (χ1) is 7.11. The van der Waals surface area contributed by atoms with Crippen LogP contribution in [0, 0.1) is 0 Å². The fraction of sp³-hybridized carbons (Fsp3) is 0.600. The van der Waals surface area contributed by atoms with Crippen molar-refractivity contribution < 1.29 is 14.7 Å². The van der Waals surface area contributed by atoms with Gasteiger partial charge in [-0.15, -0.1) is 18.3 Å². The van der Waals surface area contributed by atoms with Gasteiger partial charge in [0.1, 0.15) is 0 Å². The Bertz CT molecular complexity index is 231. The number of carbonyl (C=O) groups excluding carboxylic acids is 1. The number of thioether (sulfide) groups is 1. The van der Waals surface area contributed by atoms with Crippen LogP contribution in [-0.4, -0.2) is 46.5 Å². The fourth-order valence-corrected chi connectivity index (χ4v) is 1.69. The van der Waals surface area contributed by atoms with E-state index in [2.05, 4.69) is 6.58 Å². The van der Waals surface area contributed by atoms with Gasteiger partial charge in [0.05, 0.1) is 11.5 Å². The first-order valence-corrected chi connectivity index (χ1v) is 5.95. The third kappa shape index (κ3) is 7.02. The molecule has 0 atom stereocenters. The molecule has 0 aliphatic heterocycles. The molecule has 0 unspecified atom stereocenters. The maximum Gasteiger partial charge on any atom is 0.313 e. The Morgan fingerprint density at radius 3 is 2.60 bits per heavy atom. The van der Waals surface area contributed by atoms with E-state index in [0.29, 0.717) is 13.1 Å². The average molecular weight is 231 g/mol. The molecular formula is C10H17NO3S. The van der Waals surface area contributed by atoms with Gasteiger partial charge in [-0.25, -0.2) is 0 Å². The van der Waals surface area contributed by atoms with Crippen molar-refractivity contribution >= 4 is 23.6 Å². The Kier molecular flexibility index (Phi) is 7.81. The highest BCUT2D eigenvalue weighted by atomic mass is 32.2. The SMILES string of the molecule is C=CCN(CCC)C(=O)CSCC(=O)O. The van der Waals surface area contributed by atoms with E-state index in [1.54, 1.807) is 11.0 Å². The standard InChI is InChI=1S/C10H17NO3S/c1-3-5-11(6-4-2)9(12)7-15-8-10(13)14/h3H,1,4-8H2,2H3,(H,13,14). The average Bonchev–Trinajstić information content (AvgIpc) is 2.16. The fourth-order valence-electron chi connectivity index (χ4n) is 1.06. The molecule has 86 valence electrons. The Hall–Kier alpha value is -0.970. The second-order valence-corrected chi connectivity index (χ2v) is 4.00. The highest BCUT2D eigenvalue weighted by Crippen LogP contribution is 2.03. The van der Waals surface area contributed by atoms with Gasteiger partial charge < -0.3 is 10.0 Å². The summed E-state index contributed by atoms with van der Waals surface area (Å²) in [6, 6.07) is 0. The summed E-state index contributed by atoms with van der Waals surface area (Å²) in [5.41, 5.74) is 0. The number of hydrogen-bond donors (Lipinski definition) is 1. The second-order valence-electron chi connectivity index (χ2n) is 3.01. The Balaban J connectivity index is 3.90. The minimum atomic E-state index is -0.890. The number of carboxylic acids is 1. The lowest BCUT2D eigenvalue weighted by atomic mass is 10.4. The predicted molar refractivity (Wildman–Crippen MR) is 62.0 cm³/mol. The van der Waals surface area contributed by atoms with Gasteiger partial charge in [0, 0.05) is 13.1 Å². The molecule has 0 heterocycles. The number of aliphatic carboxylic acids is 1. The van der Waals surface area contributed by atoms with Gasteiger partial charge in [0.15, 0.2) is 0 Å². The maximum atomic E-state index is 11.6. The molecule has 0 spiro atoms. The van der Waals surface area contributed by atoms with Crippen molar-refractivity contribution in [1.82, 2.24) is 4.90 Å². The van der Waals surface area contributed by atoms with Crippen LogP contribution in [0.25, 0.3) is 0 Å². The summed E-state index contributed by atoms with van der Waals surface area (Å²) in [6.07, 6.45) is 2.57. The van der Waals surface area contributed by atoms with Crippen LogP contribution in [0.5, 0.6) is 0 Å². The molecule has 0 rings (SSSR count). The van der Waals surface area contributed by atoms with Gasteiger partial charge >= 0.3 is 5.97 Å². The summed E-state index contributed by atoms with van der Waals surface area (Å²) in [7, 11) is 0. The Morgan fingerprint density at radius 2 is 2.13 bits per heavy atom. The topological polar surface area (TPSA) is 57.6 Å². The largest absolute Gasteiger partial charge is 0.481 e. The molecule has 0 radical (unpaired) electrons. The zero-order valence-corrected chi connectivity index (χ0v) is 9.76. The van der Waals surface area contributed by atoms with Crippen molar-refractivity contribution in [2.24, 2.45) is 0 Å². The number of amides is 1. The molecule has 0 bridgehead atoms. The molecule has 0 saturated heterocycles. The van der Waals surface area contributed by atoms with E-state index < -0.39 is 5.97 Å². The summed E-state index contributed by atoms with van der Waals surface area (Å²) in [4.78, 5) is 23.5. The zero-order chi connectivity index (χ0) is 11.7. The van der Waals surface area contributed by atoms with E-state index in [1.165, 1.54) is 0 Å². The normalized spacial score (nSPS) is 9.67. The molecule has 4 nitrogen and oxygen atoms in total. The number of carbonyl (C=O) groups is 2. The molecule has 0 aromatic carbocycles. The number of hydrogen-bond acceptors (Lipinski definition) is 3. The molecular weight excluding hydrogens is 214 g/mol. The van der Waals surface area contributed by atoms with Crippen molar-refractivity contribution in [2.75, 3.05) is 24.6 Å². The van der Waals surface area contributed by atoms with Crippen molar-refractivity contribution in [3.05, 3.63) is 12.7 Å². The molecule has 0 aliphatic carbocycles. The van der Waals surface area contributed by atoms with Crippen molar-refractivity contribution in [3.8, 4) is 0 Å².